The van der Waals surface area contributed by atoms with Crippen LogP contribution in [0.2, 0.25) is 0 Å². The minimum Gasteiger partial charge on any atom is -0.396 e. The molecule has 0 unspecified atom stereocenters. The van der Waals surface area contributed by atoms with Crippen molar-refractivity contribution < 1.29 is 9.90 Å². The van der Waals surface area contributed by atoms with Gasteiger partial charge in [0.15, 0.2) is 0 Å². The van der Waals surface area contributed by atoms with E-state index in [1.807, 2.05) is 0 Å². The monoisotopic (exact) mass is 144 g/mol. The third-order valence-corrected chi connectivity index (χ3v) is 1.49. The van der Waals surface area contributed by atoms with Crippen LogP contribution in [0.25, 0.3) is 0 Å². The lowest BCUT2D eigenvalue weighted by Crippen LogP contribution is -2.57. The second-order valence-corrected chi connectivity index (χ2v) is 2.40. The van der Waals surface area contributed by atoms with Crippen molar-refractivity contribution in [3.63, 3.8) is 0 Å². The van der Waals surface area contributed by atoms with E-state index in [2.05, 4.69) is 10.6 Å². The summed E-state index contributed by atoms with van der Waals surface area (Å²) >= 11 is 0. The van der Waals surface area contributed by atoms with Gasteiger partial charge in [0, 0.05) is 19.5 Å². The van der Waals surface area contributed by atoms with Crippen molar-refractivity contribution in [3.05, 3.63) is 0 Å². The van der Waals surface area contributed by atoms with E-state index in [-0.39, 0.29) is 18.9 Å². The zero-order chi connectivity index (χ0) is 7.40. The standard InChI is InChI=1S/C6H12N2O2/c9-2-1-6(10)8-5-3-7-4-5/h5,7,9H,1-4H2,(H,8,10). The maximum Gasteiger partial charge on any atom is 0.222 e. The molecule has 1 rings (SSSR count). The molecule has 0 bridgehead atoms. The number of hydrogen-bond acceptors (Lipinski definition) is 3. The number of amides is 1. The summed E-state index contributed by atoms with van der Waals surface area (Å²) in [5.74, 6) is -0.0611. The third kappa shape index (κ3) is 1.97. The lowest BCUT2D eigenvalue weighted by atomic mass is 10.2. The predicted molar refractivity (Wildman–Crippen MR) is 36.5 cm³/mol. The molecule has 4 heteroatoms. The fourth-order valence-corrected chi connectivity index (χ4v) is 0.792. The van der Waals surface area contributed by atoms with Gasteiger partial charge in [-0.15, -0.1) is 0 Å². The summed E-state index contributed by atoms with van der Waals surface area (Å²) in [6.45, 7) is 1.65. The topological polar surface area (TPSA) is 61.4 Å². The number of rotatable bonds is 3. The van der Waals surface area contributed by atoms with Crippen LogP contribution in [0.3, 0.4) is 0 Å². The van der Waals surface area contributed by atoms with E-state index < -0.39 is 0 Å². The van der Waals surface area contributed by atoms with E-state index in [1.165, 1.54) is 0 Å². The predicted octanol–water partition coefficient (Wildman–Crippen LogP) is -1.54. The summed E-state index contributed by atoms with van der Waals surface area (Å²) in [6.07, 6.45) is 0.219. The molecular formula is C6H12N2O2. The molecule has 0 aromatic rings. The largest absolute Gasteiger partial charge is 0.396 e. The van der Waals surface area contributed by atoms with Crippen LogP contribution in [-0.4, -0.2) is 36.8 Å². The average Bonchev–Trinajstić information content (AvgIpc) is 1.80. The van der Waals surface area contributed by atoms with E-state index >= 15 is 0 Å². The molecule has 0 spiro atoms. The Balaban J connectivity index is 2.05. The SMILES string of the molecule is O=C(CCO)NC1CNC1. The first-order valence-corrected chi connectivity index (χ1v) is 3.44. The third-order valence-electron chi connectivity index (χ3n) is 1.49. The Morgan fingerprint density at radius 1 is 1.70 bits per heavy atom. The highest BCUT2D eigenvalue weighted by Gasteiger charge is 2.17. The van der Waals surface area contributed by atoms with Crippen molar-refractivity contribution in [3.8, 4) is 0 Å². The second-order valence-electron chi connectivity index (χ2n) is 2.40. The van der Waals surface area contributed by atoms with Gasteiger partial charge in [-0.25, -0.2) is 0 Å². The molecule has 0 aromatic carbocycles. The summed E-state index contributed by atoms with van der Waals surface area (Å²) in [4.78, 5) is 10.7. The van der Waals surface area contributed by atoms with Crippen molar-refractivity contribution in [2.24, 2.45) is 0 Å². The van der Waals surface area contributed by atoms with Gasteiger partial charge < -0.3 is 15.7 Å². The van der Waals surface area contributed by atoms with Gasteiger partial charge >= 0.3 is 0 Å². The second kappa shape index (κ2) is 3.53. The molecule has 4 nitrogen and oxygen atoms in total. The molecule has 1 aliphatic rings. The quantitative estimate of drug-likeness (QED) is 0.449. The van der Waals surface area contributed by atoms with Crippen molar-refractivity contribution in [1.82, 2.24) is 10.6 Å². The molecule has 1 heterocycles. The smallest absolute Gasteiger partial charge is 0.222 e. The molecule has 0 radical (unpaired) electrons. The molecule has 0 aromatic heterocycles. The van der Waals surface area contributed by atoms with E-state index in [0.717, 1.165) is 13.1 Å². The van der Waals surface area contributed by atoms with Gasteiger partial charge in [-0.05, 0) is 0 Å². The molecule has 3 N–H and O–H groups in total. The zero-order valence-corrected chi connectivity index (χ0v) is 5.76. The fraction of sp³-hybridized carbons (Fsp3) is 0.833. The Morgan fingerprint density at radius 3 is 2.80 bits per heavy atom. The van der Waals surface area contributed by atoms with Crippen LogP contribution in [0.5, 0.6) is 0 Å². The van der Waals surface area contributed by atoms with Crippen LogP contribution in [0.4, 0.5) is 0 Å². The number of aliphatic hydroxyl groups is 1. The maximum atomic E-state index is 10.7. The number of nitrogens with one attached hydrogen (secondary N) is 2. The van der Waals surface area contributed by atoms with Crippen LogP contribution < -0.4 is 10.6 Å². The van der Waals surface area contributed by atoms with Gasteiger partial charge in [0.1, 0.15) is 0 Å². The lowest BCUT2D eigenvalue weighted by molar-refractivity contribution is -0.122. The van der Waals surface area contributed by atoms with Crippen LogP contribution in [0, 0.1) is 0 Å². The minimum atomic E-state index is -0.0635. The normalized spacial score (nSPS) is 18.1. The van der Waals surface area contributed by atoms with Gasteiger partial charge in [0.2, 0.25) is 5.91 Å². The highest BCUT2D eigenvalue weighted by molar-refractivity contribution is 5.76. The van der Waals surface area contributed by atoms with Gasteiger partial charge in [-0.1, -0.05) is 0 Å². The van der Waals surface area contributed by atoms with Crippen molar-refractivity contribution in [1.29, 1.82) is 0 Å². The number of carbonyl (C=O) groups is 1. The summed E-state index contributed by atoms with van der Waals surface area (Å²) in [5, 5.41) is 14.2. The zero-order valence-electron chi connectivity index (χ0n) is 5.76. The van der Waals surface area contributed by atoms with E-state index in [1.54, 1.807) is 0 Å². The Hall–Kier alpha value is -0.610. The summed E-state index contributed by atoms with van der Waals surface area (Å²) in [6, 6.07) is 0.291. The minimum absolute atomic E-state index is 0.0611. The van der Waals surface area contributed by atoms with Gasteiger partial charge in [0.25, 0.3) is 0 Å². The molecule has 1 fully saturated rings. The Labute approximate surface area is 59.6 Å². The highest BCUT2D eigenvalue weighted by Crippen LogP contribution is 1.90. The summed E-state index contributed by atoms with van der Waals surface area (Å²) in [7, 11) is 0. The van der Waals surface area contributed by atoms with Crippen LogP contribution in [0.1, 0.15) is 6.42 Å². The first-order chi connectivity index (χ1) is 4.83. The van der Waals surface area contributed by atoms with Gasteiger partial charge in [-0.3, -0.25) is 4.79 Å². The molecular weight excluding hydrogens is 132 g/mol. The lowest BCUT2D eigenvalue weighted by Gasteiger charge is -2.27. The first-order valence-electron chi connectivity index (χ1n) is 3.44. The first kappa shape index (κ1) is 7.50. The van der Waals surface area contributed by atoms with E-state index in [0.29, 0.717) is 6.04 Å². The molecule has 0 saturated carbocycles. The van der Waals surface area contributed by atoms with Crippen LogP contribution in [-0.2, 0) is 4.79 Å². The molecule has 1 aliphatic heterocycles. The fourth-order valence-electron chi connectivity index (χ4n) is 0.792. The summed E-state index contributed by atoms with van der Waals surface area (Å²) in [5.41, 5.74) is 0. The van der Waals surface area contributed by atoms with Crippen LogP contribution >= 0.6 is 0 Å². The number of aliphatic hydroxyl groups excluding tert-OH is 1. The van der Waals surface area contributed by atoms with E-state index in [4.69, 9.17) is 5.11 Å². The van der Waals surface area contributed by atoms with E-state index in [9.17, 15) is 4.79 Å². The highest BCUT2D eigenvalue weighted by atomic mass is 16.3. The molecule has 58 valence electrons. The Morgan fingerprint density at radius 2 is 2.40 bits per heavy atom. The summed E-state index contributed by atoms with van der Waals surface area (Å²) < 4.78 is 0. The average molecular weight is 144 g/mol. The van der Waals surface area contributed by atoms with Crippen molar-refractivity contribution >= 4 is 5.91 Å². The molecule has 10 heavy (non-hydrogen) atoms. The Kier molecular flexibility index (Phi) is 2.65. The van der Waals surface area contributed by atoms with Crippen molar-refractivity contribution in [2.75, 3.05) is 19.7 Å². The van der Waals surface area contributed by atoms with Crippen LogP contribution in [0.15, 0.2) is 0 Å². The number of carbonyl (C=O) groups excluding carboxylic acids is 1. The maximum absolute atomic E-state index is 10.7. The Bertz CT molecular complexity index is 123. The van der Waals surface area contributed by atoms with Crippen molar-refractivity contribution in [2.45, 2.75) is 12.5 Å². The molecule has 0 aliphatic carbocycles. The molecule has 0 atom stereocenters. The number of hydrogen-bond donors (Lipinski definition) is 3. The van der Waals surface area contributed by atoms with Gasteiger partial charge in [0.05, 0.1) is 12.6 Å². The molecule has 1 amide bonds. The molecule has 1 saturated heterocycles. The van der Waals surface area contributed by atoms with Gasteiger partial charge in [-0.2, -0.15) is 0 Å².